The van der Waals surface area contributed by atoms with Gasteiger partial charge in [0.15, 0.2) is 4.67 Å². The van der Waals surface area contributed by atoms with Gasteiger partial charge in [0.1, 0.15) is 12.1 Å². The van der Waals surface area contributed by atoms with Crippen LogP contribution in [-0.2, 0) is 0 Å². The summed E-state index contributed by atoms with van der Waals surface area (Å²) in [5, 5.41) is 2.93. The van der Waals surface area contributed by atoms with Crippen LogP contribution in [-0.4, -0.2) is 5.91 Å². The Bertz CT molecular complexity index is 660. The van der Waals surface area contributed by atoms with Crippen molar-refractivity contribution in [1.82, 2.24) is 5.32 Å². The third-order valence-corrected chi connectivity index (χ3v) is 3.72. The van der Waals surface area contributed by atoms with Crippen molar-refractivity contribution < 1.29 is 13.6 Å². The van der Waals surface area contributed by atoms with E-state index in [4.69, 9.17) is 27.6 Å². The highest BCUT2D eigenvalue weighted by molar-refractivity contribution is 9.10. The summed E-state index contributed by atoms with van der Waals surface area (Å²) in [6.45, 7) is 1.70. The lowest BCUT2D eigenvalue weighted by molar-refractivity contribution is 0.0939. The van der Waals surface area contributed by atoms with Crippen molar-refractivity contribution in [2.45, 2.75) is 13.0 Å². The fourth-order valence-corrected chi connectivity index (χ4v) is 2.54. The van der Waals surface area contributed by atoms with E-state index in [0.29, 0.717) is 15.8 Å². The number of rotatable bonds is 3. The Labute approximate surface area is 133 Å². The second-order valence-electron chi connectivity index (χ2n) is 4.12. The van der Waals surface area contributed by atoms with Crippen molar-refractivity contribution in [1.29, 1.82) is 0 Å². The average Bonchev–Trinajstić information content (AvgIpc) is 2.80. The van der Waals surface area contributed by atoms with E-state index in [2.05, 4.69) is 21.2 Å². The summed E-state index contributed by atoms with van der Waals surface area (Å²) in [7, 11) is 0. The number of nitrogens with one attached hydrogen (secondary N) is 1. The van der Waals surface area contributed by atoms with E-state index in [1.807, 2.05) is 0 Å². The summed E-state index contributed by atoms with van der Waals surface area (Å²) in [4.78, 5) is 12.0. The third kappa shape index (κ3) is 3.34. The van der Waals surface area contributed by atoms with E-state index in [-0.39, 0.29) is 16.0 Å². The van der Waals surface area contributed by atoms with Crippen molar-refractivity contribution in [2.75, 3.05) is 0 Å². The van der Waals surface area contributed by atoms with Gasteiger partial charge < -0.3 is 9.73 Å². The molecular formula is C13H9BrCl2FNO2. The molecule has 1 unspecified atom stereocenters. The SMILES string of the molecule is CC(NC(=O)c1coc(Br)c1)c1cc(F)c(Cl)cc1Cl. The molecule has 2 rings (SSSR count). The predicted octanol–water partition coefficient (Wildman–Crippen LogP) is 4.98. The summed E-state index contributed by atoms with van der Waals surface area (Å²) in [6, 6.07) is 3.58. The first-order valence-corrected chi connectivity index (χ1v) is 7.12. The largest absolute Gasteiger partial charge is 0.457 e. The van der Waals surface area contributed by atoms with Gasteiger partial charge in [0.05, 0.1) is 16.6 Å². The van der Waals surface area contributed by atoms with Gasteiger partial charge in [-0.2, -0.15) is 0 Å². The third-order valence-electron chi connectivity index (χ3n) is 2.68. The maximum atomic E-state index is 13.5. The molecule has 1 N–H and O–H groups in total. The molecule has 1 atom stereocenters. The lowest BCUT2D eigenvalue weighted by Crippen LogP contribution is -2.26. The van der Waals surface area contributed by atoms with Crippen LogP contribution in [0.15, 0.2) is 33.5 Å². The molecular weight excluding hydrogens is 372 g/mol. The first-order chi connectivity index (χ1) is 9.38. The molecule has 0 saturated heterocycles. The van der Waals surface area contributed by atoms with Gasteiger partial charge >= 0.3 is 0 Å². The molecule has 0 fully saturated rings. The molecule has 7 heteroatoms. The summed E-state index contributed by atoms with van der Waals surface area (Å²) in [6.07, 6.45) is 1.32. The van der Waals surface area contributed by atoms with Crippen molar-refractivity contribution in [2.24, 2.45) is 0 Å². The van der Waals surface area contributed by atoms with E-state index in [0.717, 1.165) is 0 Å². The normalized spacial score (nSPS) is 12.2. The standard InChI is InChI=1S/C13H9BrCl2FNO2/c1-6(8-3-11(17)10(16)4-9(8)15)18-13(19)7-2-12(14)20-5-7/h2-6H,1H3,(H,18,19). The van der Waals surface area contributed by atoms with Crippen LogP contribution in [0.25, 0.3) is 0 Å². The van der Waals surface area contributed by atoms with Crippen molar-refractivity contribution in [3.05, 3.63) is 56.1 Å². The molecule has 2 aromatic rings. The molecule has 0 radical (unpaired) electrons. The fraction of sp³-hybridized carbons (Fsp3) is 0.154. The number of amides is 1. The van der Waals surface area contributed by atoms with Crippen molar-refractivity contribution in [3.8, 4) is 0 Å². The van der Waals surface area contributed by atoms with Crippen LogP contribution in [0.5, 0.6) is 0 Å². The number of carbonyl (C=O) groups excluding carboxylic acids is 1. The number of halogens is 4. The Morgan fingerprint density at radius 2 is 2.05 bits per heavy atom. The van der Waals surface area contributed by atoms with Gasteiger partial charge in [-0.05, 0) is 40.5 Å². The highest BCUT2D eigenvalue weighted by Gasteiger charge is 2.17. The van der Waals surface area contributed by atoms with Crippen molar-refractivity contribution in [3.63, 3.8) is 0 Å². The highest BCUT2D eigenvalue weighted by atomic mass is 79.9. The molecule has 0 aliphatic carbocycles. The number of hydrogen-bond donors (Lipinski definition) is 1. The molecule has 1 aromatic heterocycles. The zero-order valence-corrected chi connectivity index (χ0v) is 13.3. The quantitative estimate of drug-likeness (QED) is 0.763. The zero-order chi connectivity index (χ0) is 14.9. The molecule has 0 bridgehead atoms. The maximum absolute atomic E-state index is 13.5. The smallest absolute Gasteiger partial charge is 0.255 e. The van der Waals surface area contributed by atoms with Gasteiger partial charge in [-0.3, -0.25) is 4.79 Å². The molecule has 20 heavy (non-hydrogen) atoms. The van der Waals surface area contributed by atoms with Crippen molar-refractivity contribution >= 4 is 45.0 Å². The summed E-state index contributed by atoms with van der Waals surface area (Å²) < 4.78 is 18.9. The van der Waals surface area contributed by atoms with Gasteiger partial charge in [-0.15, -0.1) is 0 Å². The number of hydrogen-bond acceptors (Lipinski definition) is 2. The van der Waals surface area contributed by atoms with Gasteiger partial charge in [-0.1, -0.05) is 23.2 Å². The molecule has 1 heterocycles. The molecule has 1 amide bonds. The van der Waals surface area contributed by atoms with Crippen LogP contribution in [0.1, 0.15) is 28.9 Å². The molecule has 3 nitrogen and oxygen atoms in total. The Morgan fingerprint density at radius 1 is 1.35 bits per heavy atom. The lowest BCUT2D eigenvalue weighted by Gasteiger charge is -2.15. The topological polar surface area (TPSA) is 42.2 Å². The Balaban J connectivity index is 2.18. The Kier molecular flexibility index (Phi) is 4.73. The number of furan rings is 1. The second kappa shape index (κ2) is 6.16. The minimum absolute atomic E-state index is 0.0592. The molecule has 0 aliphatic rings. The second-order valence-corrected chi connectivity index (χ2v) is 5.72. The molecule has 0 spiro atoms. The van der Waals surface area contributed by atoms with E-state index < -0.39 is 11.9 Å². The monoisotopic (exact) mass is 379 g/mol. The summed E-state index contributed by atoms with van der Waals surface area (Å²) >= 11 is 14.7. The first-order valence-electron chi connectivity index (χ1n) is 5.58. The first kappa shape index (κ1) is 15.4. The molecule has 106 valence electrons. The number of benzene rings is 1. The van der Waals surface area contributed by atoms with E-state index in [1.54, 1.807) is 6.92 Å². The van der Waals surface area contributed by atoms with Crippen LogP contribution in [0.3, 0.4) is 0 Å². The van der Waals surface area contributed by atoms with Gasteiger partial charge in [0.2, 0.25) is 0 Å². The van der Waals surface area contributed by atoms with Gasteiger partial charge in [0, 0.05) is 11.1 Å². The molecule has 1 aromatic carbocycles. The summed E-state index contributed by atoms with van der Waals surface area (Å²) in [5.74, 6) is -0.934. The highest BCUT2D eigenvalue weighted by Crippen LogP contribution is 2.28. The van der Waals surface area contributed by atoms with Crippen LogP contribution in [0, 0.1) is 5.82 Å². The van der Waals surface area contributed by atoms with Crippen LogP contribution >= 0.6 is 39.1 Å². The van der Waals surface area contributed by atoms with E-state index in [9.17, 15) is 9.18 Å². The summed E-state index contributed by atoms with van der Waals surface area (Å²) in [5.41, 5.74) is 0.804. The van der Waals surface area contributed by atoms with Gasteiger partial charge in [0.25, 0.3) is 5.91 Å². The zero-order valence-electron chi connectivity index (χ0n) is 10.2. The average molecular weight is 381 g/mol. The van der Waals surface area contributed by atoms with Crippen LogP contribution < -0.4 is 5.32 Å². The molecule has 0 saturated carbocycles. The minimum atomic E-state index is -0.585. The van der Waals surface area contributed by atoms with Gasteiger partial charge in [-0.25, -0.2) is 4.39 Å². The van der Waals surface area contributed by atoms with E-state index in [1.165, 1.54) is 24.5 Å². The fourth-order valence-electron chi connectivity index (χ4n) is 1.66. The predicted molar refractivity (Wildman–Crippen MR) is 78.7 cm³/mol. The maximum Gasteiger partial charge on any atom is 0.255 e. The van der Waals surface area contributed by atoms with Crippen LogP contribution in [0.4, 0.5) is 4.39 Å². The van der Waals surface area contributed by atoms with Crippen LogP contribution in [0.2, 0.25) is 10.0 Å². The molecule has 0 aliphatic heterocycles. The minimum Gasteiger partial charge on any atom is -0.457 e. The van der Waals surface area contributed by atoms with E-state index >= 15 is 0 Å². The number of carbonyl (C=O) groups is 1. The Hall–Kier alpha value is -1.04. The Morgan fingerprint density at radius 3 is 2.65 bits per heavy atom. The lowest BCUT2D eigenvalue weighted by atomic mass is 10.1.